The van der Waals surface area contributed by atoms with Crippen molar-refractivity contribution in [2.45, 2.75) is 26.5 Å². The number of aromatic nitrogens is 1. The van der Waals surface area contributed by atoms with Crippen LogP contribution in [0.15, 0.2) is 36.5 Å². The van der Waals surface area contributed by atoms with Crippen LogP contribution >= 0.6 is 0 Å². The van der Waals surface area contributed by atoms with Crippen molar-refractivity contribution in [3.05, 3.63) is 53.6 Å². The highest BCUT2D eigenvalue weighted by Crippen LogP contribution is 2.18. The summed E-state index contributed by atoms with van der Waals surface area (Å²) in [5.74, 6) is -0.826. The topological polar surface area (TPSA) is 57.2 Å². The second-order valence-corrected chi connectivity index (χ2v) is 4.87. The van der Waals surface area contributed by atoms with Gasteiger partial charge in [-0.3, -0.25) is 0 Å². The van der Waals surface area contributed by atoms with Gasteiger partial charge in [-0.15, -0.1) is 0 Å². The highest BCUT2D eigenvalue weighted by atomic mass is 19.1. The van der Waals surface area contributed by atoms with Gasteiger partial charge in [-0.1, -0.05) is 12.1 Å². The van der Waals surface area contributed by atoms with E-state index in [9.17, 15) is 9.18 Å². The van der Waals surface area contributed by atoms with Gasteiger partial charge >= 0.3 is 5.97 Å². The molecule has 0 unspecified atom stereocenters. The smallest absolute Gasteiger partial charge is 0.355 e. The summed E-state index contributed by atoms with van der Waals surface area (Å²) in [5.41, 5.74) is 7.22. The van der Waals surface area contributed by atoms with Crippen LogP contribution in [0.2, 0.25) is 0 Å². The molecule has 2 N–H and O–H groups in total. The number of nitrogens with two attached hydrogens (primary N) is 1. The molecule has 0 saturated carbocycles. The first kappa shape index (κ1) is 14.1. The molecule has 106 valence electrons. The second-order valence-electron chi connectivity index (χ2n) is 4.87. The molecular weight excluding hydrogens is 259 g/mol. The highest BCUT2D eigenvalue weighted by Gasteiger charge is 2.16. The van der Waals surface area contributed by atoms with Gasteiger partial charge in [0.25, 0.3) is 0 Å². The number of halogens is 1. The average Bonchev–Trinajstić information content (AvgIpc) is 2.78. The van der Waals surface area contributed by atoms with E-state index in [1.807, 2.05) is 13.8 Å². The van der Waals surface area contributed by atoms with Crippen LogP contribution in [0, 0.1) is 5.82 Å². The van der Waals surface area contributed by atoms with E-state index < -0.39 is 5.97 Å². The average molecular weight is 276 g/mol. The number of carbonyl (C=O) groups is 1. The van der Waals surface area contributed by atoms with Crippen molar-refractivity contribution in [2.24, 2.45) is 0 Å². The minimum absolute atomic E-state index is 0.0276. The Labute approximate surface area is 117 Å². The molecule has 0 aliphatic carbocycles. The predicted octanol–water partition coefficient (Wildman–Crippen LogP) is 3.15. The van der Waals surface area contributed by atoms with E-state index in [0.29, 0.717) is 16.9 Å². The quantitative estimate of drug-likeness (QED) is 0.873. The zero-order valence-corrected chi connectivity index (χ0v) is 11.5. The van der Waals surface area contributed by atoms with E-state index in [-0.39, 0.29) is 18.5 Å². The lowest BCUT2D eigenvalue weighted by atomic mass is 10.2. The molecule has 0 saturated heterocycles. The molecule has 0 amide bonds. The minimum atomic E-state index is -0.473. The molecule has 1 aromatic carbocycles. The van der Waals surface area contributed by atoms with Gasteiger partial charge in [0.05, 0.1) is 5.69 Å². The first-order valence-corrected chi connectivity index (χ1v) is 6.36. The van der Waals surface area contributed by atoms with Crippen LogP contribution in [0.25, 0.3) is 0 Å². The molecule has 0 spiro atoms. The summed E-state index contributed by atoms with van der Waals surface area (Å²) in [6.45, 7) is 3.92. The van der Waals surface area contributed by atoms with Crippen LogP contribution in [0.1, 0.15) is 35.9 Å². The first-order chi connectivity index (χ1) is 9.47. The Bertz CT molecular complexity index is 620. The molecule has 0 aliphatic rings. The van der Waals surface area contributed by atoms with E-state index in [2.05, 4.69) is 0 Å². The van der Waals surface area contributed by atoms with Gasteiger partial charge in [-0.25, -0.2) is 9.18 Å². The predicted molar refractivity (Wildman–Crippen MR) is 74.7 cm³/mol. The third-order valence-corrected chi connectivity index (χ3v) is 2.89. The molecule has 4 nitrogen and oxygen atoms in total. The number of anilines is 1. The van der Waals surface area contributed by atoms with Crippen LogP contribution < -0.4 is 5.73 Å². The second kappa shape index (κ2) is 5.77. The summed E-state index contributed by atoms with van der Waals surface area (Å²) in [6, 6.07) is 7.64. The van der Waals surface area contributed by atoms with Crippen molar-refractivity contribution < 1.29 is 13.9 Å². The molecular formula is C15H17FN2O2. The van der Waals surface area contributed by atoms with Crippen molar-refractivity contribution in [1.29, 1.82) is 0 Å². The number of hydrogen-bond acceptors (Lipinski definition) is 3. The molecule has 2 rings (SSSR count). The standard InChI is InChI=1S/C15H17FN2O2/c1-10(2)18-8-13(17)7-14(18)15(19)20-9-11-4-3-5-12(16)6-11/h3-8,10H,9,17H2,1-2H3. The number of hydrogen-bond donors (Lipinski definition) is 1. The Morgan fingerprint density at radius 1 is 1.40 bits per heavy atom. The molecule has 0 bridgehead atoms. The summed E-state index contributed by atoms with van der Waals surface area (Å²) in [5, 5.41) is 0. The summed E-state index contributed by atoms with van der Waals surface area (Å²) < 4.78 is 20.0. The van der Waals surface area contributed by atoms with Crippen molar-refractivity contribution in [3.8, 4) is 0 Å². The van der Waals surface area contributed by atoms with Gasteiger partial charge in [0.1, 0.15) is 18.1 Å². The van der Waals surface area contributed by atoms with Crippen molar-refractivity contribution in [1.82, 2.24) is 4.57 Å². The van der Waals surface area contributed by atoms with Crippen LogP contribution in [0.3, 0.4) is 0 Å². The minimum Gasteiger partial charge on any atom is -0.456 e. The molecule has 0 radical (unpaired) electrons. The lowest BCUT2D eigenvalue weighted by molar-refractivity contribution is 0.0458. The Hall–Kier alpha value is -2.30. The summed E-state index contributed by atoms with van der Waals surface area (Å²) in [4.78, 5) is 12.0. The van der Waals surface area contributed by atoms with E-state index in [1.54, 1.807) is 29.0 Å². The molecule has 0 aliphatic heterocycles. The molecule has 1 heterocycles. The molecule has 0 fully saturated rings. The SMILES string of the molecule is CC(C)n1cc(N)cc1C(=O)OCc1cccc(F)c1. The number of esters is 1. The first-order valence-electron chi connectivity index (χ1n) is 6.36. The van der Waals surface area contributed by atoms with Crippen molar-refractivity contribution in [3.63, 3.8) is 0 Å². The Kier molecular flexibility index (Phi) is 4.08. The number of benzene rings is 1. The van der Waals surface area contributed by atoms with E-state index in [1.165, 1.54) is 12.1 Å². The number of carbonyl (C=O) groups excluding carboxylic acids is 1. The summed E-state index contributed by atoms with van der Waals surface area (Å²) >= 11 is 0. The summed E-state index contributed by atoms with van der Waals surface area (Å²) in [7, 11) is 0. The van der Waals surface area contributed by atoms with Gasteiger partial charge in [-0.2, -0.15) is 0 Å². The zero-order chi connectivity index (χ0) is 14.7. The Balaban J connectivity index is 2.09. The Morgan fingerprint density at radius 2 is 2.15 bits per heavy atom. The van der Waals surface area contributed by atoms with E-state index >= 15 is 0 Å². The fraction of sp³-hybridized carbons (Fsp3) is 0.267. The zero-order valence-electron chi connectivity index (χ0n) is 11.5. The lowest BCUT2D eigenvalue weighted by Gasteiger charge is -2.12. The highest BCUT2D eigenvalue weighted by molar-refractivity contribution is 5.89. The third kappa shape index (κ3) is 3.17. The normalized spacial score (nSPS) is 10.8. The maximum Gasteiger partial charge on any atom is 0.355 e. The molecule has 2 aromatic rings. The Morgan fingerprint density at radius 3 is 2.80 bits per heavy atom. The number of nitrogens with zero attached hydrogens (tertiary/aromatic N) is 1. The van der Waals surface area contributed by atoms with Gasteiger partial charge < -0.3 is 15.0 Å². The van der Waals surface area contributed by atoms with Gasteiger partial charge in [0.15, 0.2) is 0 Å². The van der Waals surface area contributed by atoms with Gasteiger partial charge in [-0.05, 0) is 37.6 Å². The number of ether oxygens (including phenoxy) is 1. The summed E-state index contributed by atoms with van der Waals surface area (Å²) in [6.07, 6.45) is 1.70. The fourth-order valence-electron chi connectivity index (χ4n) is 1.94. The lowest BCUT2D eigenvalue weighted by Crippen LogP contribution is -2.13. The number of rotatable bonds is 4. The maximum atomic E-state index is 13.0. The monoisotopic (exact) mass is 276 g/mol. The van der Waals surface area contributed by atoms with Crippen LogP contribution in [0.4, 0.5) is 10.1 Å². The van der Waals surface area contributed by atoms with E-state index in [4.69, 9.17) is 10.5 Å². The van der Waals surface area contributed by atoms with Crippen LogP contribution in [-0.4, -0.2) is 10.5 Å². The van der Waals surface area contributed by atoms with Crippen LogP contribution in [0.5, 0.6) is 0 Å². The molecule has 20 heavy (non-hydrogen) atoms. The van der Waals surface area contributed by atoms with Gasteiger partial charge in [0.2, 0.25) is 0 Å². The fourth-order valence-corrected chi connectivity index (χ4v) is 1.94. The largest absolute Gasteiger partial charge is 0.456 e. The molecule has 5 heteroatoms. The maximum absolute atomic E-state index is 13.0. The van der Waals surface area contributed by atoms with Gasteiger partial charge in [0, 0.05) is 12.2 Å². The van der Waals surface area contributed by atoms with Crippen LogP contribution in [-0.2, 0) is 11.3 Å². The molecule has 1 aromatic heterocycles. The number of nitrogen functional groups attached to an aromatic ring is 1. The van der Waals surface area contributed by atoms with Crippen molar-refractivity contribution >= 4 is 11.7 Å². The third-order valence-electron chi connectivity index (χ3n) is 2.89. The van der Waals surface area contributed by atoms with E-state index in [0.717, 1.165) is 0 Å². The van der Waals surface area contributed by atoms with Crippen molar-refractivity contribution in [2.75, 3.05) is 5.73 Å². The molecule has 0 atom stereocenters.